The fraction of sp³-hybridized carbons (Fsp3) is 0. The largest absolute Gasteiger partial charge is 0.327 e. The van der Waals surface area contributed by atoms with Crippen LogP contribution in [-0.2, 0) is 29.6 Å². The molecule has 0 bridgehead atoms. The summed E-state index contributed by atoms with van der Waals surface area (Å²) in [5.41, 5.74) is 0. The maximum absolute atomic E-state index is 11.4. The molecule has 0 aromatic heterocycles. The Bertz CT molecular complexity index is 769. The van der Waals surface area contributed by atoms with Gasteiger partial charge >= 0.3 is 10.5 Å². The van der Waals surface area contributed by atoms with Crippen LogP contribution in [0, 0.1) is 0 Å². The van der Waals surface area contributed by atoms with E-state index < -0.39 is 39.4 Å². The zero-order valence-corrected chi connectivity index (χ0v) is 11.0. The summed E-state index contributed by atoms with van der Waals surface area (Å²) in [5, 5.41) is 0. The van der Waals surface area contributed by atoms with Crippen molar-refractivity contribution < 1.29 is 25.3 Å². The summed E-state index contributed by atoms with van der Waals surface area (Å²) < 4.78 is 67.9. The summed E-state index contributed by atoms with van der Waals surface area (Å²) >= 11 is 0. The van der Waals surface area contributed by atoms with Gasteiger partial charge in [-0.05, 0) is 15.9 Å². The lowest BCUT2D eigenvalue weighted by Gasteiger charge is -2.02. The first-order valence-electron chi connectivity index (χ1n) is 3.76. The number of sulfonamides is 1. The third kappa shape index (κ3) is 3.49. The number of hydrogen-bond acceptors (Lipinski definition) is 6. The Morgan fingerprint density at radius 1 is 1.00 bits per heavy atom. The molecule has 94 valence electrons. The number of rotatable bonds is 3. The molecule has 1 aromatic carbocycles. The van der Waals surface area contributed by atoms with Crippen LogP contribution in [0.5, 0.6) is 0 Å². The van der Waals surface area contributed by atoms with Gasteiger partial charge in [0, 0.05) is 10.7 Å². The SMILES string of the molecule is O=S(=O)=NS(=O)(=O)c1ccccc1S(=O)(=O)Cl. The minimum Gasteiger partial charge on any atom is -0.207 e. The number of halogens is 1. The molecule has 11 heteroatoms. The highest BCUT2D eigenvalue weighted by molar-refractivity contribution is 8.14. The van der Waals surface area contributed by atoms with Crippen LogP contribution in [0.4, 0.5) is 0 Å². The van der Waals surface area contributed by atoms with Gasteiger partial charge in [0.2, 0.25) is 0 Å². The minimum atomic E-state index is -4.62. The Morgan fingerprint density at radius 3 is 1.88 bits per heavy atom. The first-order chi connectivity index (χ1) is 7.64. The van der Waals surface area contributed by atoms with Crippen LogP contribution in [0.2, 0.25) is 0 Å². The highest BCUT2D eigenvalue weighted by Gasteiger charge is 2.24. The third-order valence-electron chi connectivity index (χ3n) is 1.55. The van der Waals surface area contributed by atoms with E-state index in [4.69, 9.17) is 10.7 Å². The molecule has 17 heavy (non-hydrogen) atoms. The summed E-state index contributed by atoms with van der Waals surface area (Å²) in [6.45, 7) is 0. The summed E-state index contributed by atoms with van der Waals surface area (Å²) in [6.07, 6.45) is 0. The van der Waals surface area contributed by atoms with Gasteiger partial charge in [-0.15, -0.1) is 0 Å². The van der Waals surface area contributed by atoms with Crippen molar-refractivity contribution in [3.05, 3.63) is 24.3 Å². The van der Waals surface area contributed by atoms with Crippen molar-refractivity contribution in [1.29, 1.82) is 0 Å². The molecular weight excluding hydrogens is 314 g/mol. The Kier molecular flexibility index (Phi) is 3.91. The Labute approximate surface area is 103 Å². The first kappa shape index (κ1) is 14.1. The molecule has 0 unspecified atom stereocenters. The number of hydrogen-bond donors (Lipinski definition) is 0. The molecule has 0 atom stereocenters. The van der Waals surface area contributed by atoms with E-state index >= 15 is 0 Å². The molecule has 0 aliphatic carbocycles. The van der Waals surface area contributed by atoms with Gasteiger partial charge in [0.15, 0.2) is 0 Å². The first-order valence-corrected chi connectivity index (χ1v) is 8.54. The van der Waals surface area contributed by atoms with E-state index in [9.17, 15) is 25.3 Å². The lowest BCUT2D eigenvalue weighted by atomic mass is 10.4. The second-order valence-corrected chi connectivity index (χ2v) is 7.61. The predicted octanol–water partition coefficient (Wildman–Crippen LogP) is 0.366. The summed E-state index contributed by atoms with van der Waals surface area (Å²) in [6, 6.07) is 4.27. The molecule has 1 aromatic rings. The second kappa shape index (κ2) is 4.72. The van der Waals surface area contributed by atoms with Gasteiger partial charge in [-0.3, -0.25) is 0 Å². The normalized spacial score (nSPS) is 12.1. The van der Waals surface area contributed by atoms with Crippen molar-refractivity contribution in [2.75, 3.05) is 0 Å². The van der Waals surface area contributed by atoms with Crippen LogP contribution in [0.25, 0.3) is 0 Å². The van der Waals surface area contributed by atoms with E-state index in [2.05, 4.69) is 3.77 Å². The molecule has 1 rings (SSSR count). The molecule has 0 heterocycles. The van der Waals surface area contributed by atoms with Gasteiger partial charge in [-0.1, -0.05) is 12.1 Å². The molecule has 0 aliphatic heterocycles. The lowest BCUT2D eigenvalue weighted by Crippen LogP contribution is -2.03. The van der Waals surface area contributed by atoms with Crippen molar-refractivity contribution >= 4 is 40.3 Å². The van der Waals surface area contributed by atoms with E-state index in [1.165, 1.54) is 12.1 Å². The van der Waals surface area contributed by atoms with E-state index in [1.54, 1.807) is 0 Å². The zero-order chi connectivity index (χ0) is 13.3. The molecule has 0 radical (unpaired) electrons. The Hall–Kier alpha value is -0.970. The maximum atomic E-state index is 11.4. The fourth-order valence-electron chi connectivity index (χ4n) is 0.985. The molecule has 0 fully saturated rings. The summed E-state index contributed by atoms with van der Waals surface area (Å²) in [7, 11) is -7.15. The van der Waals surface area contributed by atoms with Crippen LogP contribution in [0.3, 0.4) is 0 Å². The van der Waals surface area contributed by atoms with Crippen LogP contribution in [-0.4, -0.2) is 25.3 Å². The van der Waals surface area contributed by atoms with Gasteiger partial charge in [-0.25, -0.2) is 8.42 Å². The highest BCUT2D eigenvalue weighted by Crippen LogP contribution is 2.25. The summed E-state index contributed by atoms with van der Waals surface area (Å²) in [4.78, 5) is -1.52. The minimum absolute atomic E-state index is 0.726. The van der Waals surface area contributed by atoms with Gasteiger partial charge in [-0.2, -0.15) is 16.8 Å². The average Bonchev–Trinajstić information content (AvgIpc) is 2.14. The molecule has 0 aliphatic rings. The lowest BCUT2D eigenvalue weighted by molar-refractivity contribution is 0.588. The van der Waals surface area contributed by atoms with Gasteiger partial charge < -0.3 is 0 Å². The molecule has 0 amide bonds. The fourth-order valence-corrected chi connectivity index (χ4v) is 4.26. The standard InChI is InChI=1S/C6H4ClNO6S3/c7-16(11,12)5-3-1-2-4-6(5)17(13,14)8-15(9)10/h1-4H. The van der Waals surface area contributed by atoms with Crippen LogP contribution in [0.1, 0.15) is 0 Å². The van der Waals surface area contributed by atoms with Gasteiger partial charge in [0.05, 0.1) is 0 Å². The van der Waals surface area contributed by atoms with Crippen molar-refractivity contribution in [3.63, 3.8) is 0 Å². The quantitative estimate of drug-likeness (QED) is 0.744. The third-order valence-corrected chi connectivity index (χ3v) is 5.24. The van der Waals surface area contributed by atoms with E-state index in [-0.39, 0.29) is 0 Å². The number of nitrogens with zero attached hydrogens (tertiary/aromatic N) is 1. The topological polar surface area (TPSA) is 115 Å². The van der Waals surface area contributed by atoms with E-state index in [1.807, 2.05) is 0 Å². The molecule has 0 N–H and O–H groups in total. The molecule has 7 nitrogen and oxygen atoms in total. The van der Waals surface area contributed by atoms with Gasteiger partial charge in [0.25, 0.3) is 19.1 Å². The Balaban J connectivity index is 3.72. The van der Waals surface area contributed by atoms with Crippen molar-refractivity contribution in [2.24, 2.45) is 3.77 Å². The average molecular weight is 318 g/mol. The maximum Gasteiger partial charge on any atom is 0.327 e. The molecule has 0 saturated carbocycles. The predicted molar refractivity (Wildman–Crippen MR) is 58.0 cm³/mol. The van der Waals surface area contributed by atoms with Crippen molar-refractivity contribution in [1.82, 2.24) is 0 Å². The second-order valence-electron chi connectivity index (χ2n) is 2.65. The molecule has 0 spiro atoms. The molecule has 0 saturated heterocycles. The van der Waals surface area contributed by atoms with Crippen molar-refractivity contribution in [3.8, 4) is 0 Å². The van der Waals surface area contributed by atoms with E-state index in [0.717, 1.165) is 12.1 Å². The zero-order valence-electron chi connectivity index (χ0n) is 7.81. The summed E-state index contributed by atoms with van der Waals surface area (Å²) in [5.74, 6) is 0. The molecular formula is C6H4ClNO6S3. The highest BCUT2D eigenvalue weighted by atomic mass is 35.7. The Morgan fingerprint density at radius 2 is 1.47 bits per heavy atom. The number of benzene rings is 1. The van der Waals surface area contributed by atoms with Crippen LogP contribution < -0.4 is 0 Å². The van der Waals surface area contributed by atoms with Crippen molar-refractivity contribution in [2.45, 2.75) is 9.79 Å². The smallest absolute Gasteiger partial charge is 0.207 e. The van der Waals surface area contributed by atoms with E-state index in [0.29, 0.717) is 0 Å². The monoisotopic (exact) mass is 317 g/mol. The van der Waals surface area contributed by atoms with Gasteiger partial charge in [0.1, 0.15) is 9.79 Å². The van der Waals surface area contributed by atoms with Crippen LogP contribution in [0.15, 0.2) is 37.8 Å². The van der Waals surface area contributed by atoms with Crippen LogP contribution >= 0.6 is 10.7 Å².